The van der Waals surface area contributed by atoms with E-state index in [2.05, 4.69) is 26.0 Å². The Bertz CT molecular complexity index is 602. The third kappa shape index (κ3) is 4.03. The molecule has 4 nitrogen and oxygen atoms in total. The largest absolute Gasteiger partial charge is 0.313 e. The molecule has 1 heterocycles. The zero-order chi connectivity index (χ0) is 13.9. The molecule has 0 fully saturated rings. The van der Waals surface area contributed by atoms with Gasteiger partial charge in [0.1, 0.15) is 0 Å². The van der Waals surface area contributed by atoms with E-state index in [1.165, 1.54) is 12.1 Å². The van der Waals surface area contributed by atoms with Crippen molar-refractivity contribution in [3.05, 3.63) is 39.3 Å². The summed E-state index contributed by atoms with van der Waals surface area (Å²) in [6.07, 6.45) is 2.88. The first-order valence-electron chi connectivity index (χ1n) is 5.82. The molecule has 0 bridgehead atoms. The Kier molecular flexibility index (Phi) is 5.03. The molecule has 0 saturated heterocycles. The van der Waals surface area contributed by atoms with Crippen LogP contribution in [0.15, 0.2) is 39.2 Å². The number of nitrogens with one attached hydrogen (secondary N) is 2. The van der Waals surface area contributed by atoms with Crippen molar-refractivity contribution in [3.63, 3.8) is 0 Å². The molecule has 0 aliphatic carbocycles. The van der Waals surface area contributed by atoms with E-state index in [4.69, 9.17) is 11.6 Å². The zero-order valence-electron chi connectivity index (χ0n) is 10.1. The van der Waals surface area contributed by atoms with Crippen LogP contribution in [0.5, 0.6) is 0 Å². The minimum absolute atomic E-state index is 0.176. The highest BCUT2D eigenvalue weighted by atomic mass is 79.9. The van der Waals surface area contributed by atoms with Gasteiger partial charge in [0.15, 0.2) is 0 Å². The second-order valence-electron chi connectivity index (χ2n) is 4.22. The van der Waals surface area contributed by atoms with Crippen molar-refractivity contribution in [3.8, 4) is 0 Å². The fourth-order valence-electron chi connectivity index (χ4n) is 1.75. The van der Waals surface area contributed by atoms with Gasteiger partial charge in [-0.15, -0.1) is 0 Å². The number of hydrogen-bond acceptors (Lipinski definition) is 3. The Morgan fingerprint density at radius 1 is 1.42 bits per heavy atom. The predicted molar refractivity (Wildman–Crippen MR) is 79.9 cm³/mol. The average molecular weight is 366 g/mol. The summed E-state index contributed by atoms with van der Waals surface area (Å²) in [4.78, 5) is 0.176. The van der Waals surface area contributed by atoms with Crippen LogP contribution in [-0.4, -0.2) is 28.1 Å². The van der Waals surface area contributed by atoms with Crippen LogP contribution < -0.4 is 10.0 Å². The van der Waals surface area contributed by atoms with E-state index in [0.29, 0.717) is 16.0 Å². The lowest BCUT2D eigenvalue weighted by Crippen LogP contribution is -2.29. The van der Waals surface area contributed by atoms with Gasteiger partial charge in [0, 0.05) is 17.6 Å². The molecule has 2 N–H and O–H groups in total. The topological polar surface area (TPSA) is 58.2 Å². The van der Waals surface area contributed by atoms with Gasteiger partial charge in [0.05, 0.1) is 9.92 Å². The van der Waals surface area contributed by atoms with E-state index in [0.717, 1.165) is 25.1 Å². The minimum Gasteiger partial charge on any atom is -0.313 e. The summed E-state index contributed by atoms with van der Waals surface area (Å²) in [6.45, 7) is 2.02. The zero-order valence-corrected chi connectivity index (χ0v) is 13.3. The summed E-state index contributed by atoms with van der Waals surface area (Å²) < 4.78 is 27.5. The molecule has 1 aliphatic rings. The number of benzene rings is 1. The van der Waals surface area contributed by atoms with E-state index in [-0.39, 0.29) is 4.90 Å². The summed E-state index contributed by atoms with van der Waals surface area (Å²) in [5.41, 5.74) is 1.10. The molecule has 19 heavy (non-hydrogen) atoms. The van der Waals surface area contributed by atoms with Crippen LogP contribution in [-0.2, 0) is 10.0 Å². The van der Waals surface area contributed by atoms with Gasteiger partial charge >= 0.3 is 0 Å². The summed E-state index contributed by atoms with van der Waals surface area (Å²) >= 11 is 9.14. The van der Waals surface area contributed by atoms with Crippen LogP contribution in [0.25, 0.3) is 0 Å². The first kappa shape index (κ1) is 15.0. The SMILES string of the molecule is O=S(=O)(NCC1=CCNCC1)c1ccc(Br)c(Cl)c1. The molecular formula is C12H14BrClN2O2S. The molecule has 1 aromatic carbocycles. The van der Waals surface area contributed by atoms with E-state index < -0.39 is 10.0 Å². The van der Waals surface area contributed by atoms with E-state index in [1.807, 2.05) is 6.08 Å². The van der Waals surface area contributed by atoms with Crippen LogP contribution in [0.1, 0.15) is 6.42 Å². The lowest BCUT2D eigenvalue weighted by atomic mass is 10.1. The highest BCUT2D eigenvalue weighted by Crippen LogP contribution is 2.25. The summed E-state index contributed by atoms with van der Waals surface area (Å²) in [5.74, 6) is 0. The molecule has 7 heteroatoms. The smallest absolute Gasteiger partial charge is 0.240 e. The van der Waals surface area contributed by atoms with Crippen LogP contribution in [0.2, 0.25) is 5.02 Å². The van der Waals surface area contributed by atoms with Gasteiger partial charge in [-0.3, -0.25) is 0 Å². The Morgan fingerprint density at radius 3 is 2.84 bits per heavy atom. The summed E-state index contributed by atoms with van der Waals surface area (Å²) in [5, 5.41) is 3.56. The number of halogens is 2. The first-order chi connectivity index (χ1) is 8.99. The fourth-order valence-corrected chi connectivity index (χ4v) is 3.30. The van der Waals surface area contributed by atoms with Gasteiger partial charge in [-0.05, 0) is 47.1 Å². The maximum Gasteiger partial charge on any atom is 0.240 e. The van der Waals surface area contributed by atoms with Gasteiger partial charge in [0.2, 0.25) is 10.0 Å². The van der Waals surface area contributed by atoms with Crippen molar-refractivity contribution >= 4 is 37.6 Å². The Balaban J connectivity index is 2.09. The standard InChI is InChI=1S/C12H14BrClN2O2S/c13-11-2-1-10(7-12(11)14)19(17,18)16-8-9-3-5-15-6-4-9/h1-3,7,15-16H,4-6,8H2. The minimum atomic E-state index is -3.52. The van der Waals surface area contributed by atoms with Gasteiger partial charge in [-0.1, -0.05) is 23.3 Å². The van der Waals surface area contributed by atoms with E-state index in [1.54, 1.807) is 6.07 Å². The van der Waals surface area contributed by atoms with E-state index >= 15 is 0 Å². The summed E-state index contributed by atoms with van der Waals surface area (Å²) in [7, 11) is -3.52. The Morgan fingerprint density at radius 2 is 2.21 bits per heavy atom. The van der Waals surface area contributed by atoms with Gasteiger partial charge in [0.25, 0.3) is 0 Å². The number of hydrogen-bond donors (Lipinski definition) is 2. The molecule has 0 radical (unpaired) electrons. The normalized spacial score (nSPS) is 16.2. The molecular weight excluding hydrogens is 352 g/mol. The van der Waals surface area contributed by atoms with Crippen molar-refractivity contribution in [1.82, 2.24) is 10.0 Å². The molecule has 2 rings (SSSR count). The van der Waals surface area contributed by atoms with Crippen molar-refractivity contribution in [2.45, 2.75) is 11.3 Å². The summed E-state index contributed by atoms with van der Waals surface area (Å²) in [6, 6.07) is 4.58. The first-order valence-corrected chi connectivity index (χ1v) is 8.48. The van der Waals surface area contributed by atoms with E-state index in [9.17, 15) is 8.42 Å². The van der Waals surface area contributed by atoms with Crippen LogP contribution >= 0.6 is 27.5 Å². The van der Waals surface area contributed by atoms with Crippen LogP contribution in [0, 0.1) is 0 Å². The van der Waals surface area contributed by atoms with Crippen LogP contribution in [0.3, 0.4) is 0 Å². The fraction of sp³-hybridized carbons (Fsp3) is 0.333. The van der Waals surface area contributed by atoms with Gasteiger partial charge in [-0.2, -0.15) is 0 Å². The molecule has 104 valence electrons. The highest BCUT2D eigenvalue weighted by molar-refractivity contribution is 9.10. The Labute approximate surface area is 126 Å². The van der Waals surface area contributed by atoms with Crippen molar-refractivity contribution in [1.29, 1.82) is 0 Å². The predicted octanol–water partition coefficient (Wildman–Crippen LogP) is 2.30. The van der Waals surface area contributed by atoms with Crippen molar-refractivity contribution in [2.24, 2.45) is 0 Å². The molecule has 0 amide bonds. The molecule has 0 aromatic heterocycles. The molecule has 1 aromatic rings. The molecule has 0 atom stereocenters. The monoisotopic (exact) mass is 364 g/mol. The second-order valence-corrected chi connectivity index (χ2v) is 7.25. The van der Waals surface area contributed by atoms with Crippen LogP contribution in [0.4, 0.5) is 0 Å². The average Bonchev–Trinajstić information content (AvgIpc) is 2.41. The van der Waals surface area contributed by atoms with Crippen molar-refractivity contribution in [2.75, 3.05) is 19.6 Å². The molecule has 0 spiro atoms. The second kappa shape index (κ2) is 6.37. The maximum atomic E-state index is 12.1. The number of sulfonamides is 1. The third-order valence-electron chi connectivity index (χ3n) is 2.85. The molecule has 0 saturated carbocycles. The molecule has 1 aliphatic heterocycles. The van der Waals surface area contributed by atoms with Crippen molar-refractivity contribution < 1.29 is 8.42 Å². The lowest BCUT2D eigenvalue weighted by molar-refractivity contribution is 0.582. The van der Waals surface area contributed by atoms with Gasteiger partial charge < -0.3 is 5.32 Å². The lowest BCUT2D eigenvalue weighted by Gasteiger charge is -2.15. The third-order valence-corrected chi connectivity index (χ3v) is 5.48. The Hall–Kier alpha value is -0.400. The van der Waals surface area contributed by atoms with Gasteiger partial charge in [-0.25, -0.2) is 13.1 Å². The molecule has 0 unspecified atom stereocenters. The quantitative estimate of drug-likeness (QED) is 0.805. The number of rotatable bonds is 4. The maximum absolute atomic E-state index is 12.1. The highest BCUT2D eigenvalue weighted by Gasteiger charge is 2.16.